The molecule has 0 saturated heterocycles. The van der Waals surface area contributed by atoms with Gasteiger partial charge in [0.15, 0.2) is 0 Å². The van der Waals surface area contributed by atoms with Gasteiger partial charge in [-0.05, 0) is 19.4 Å². The van der Waals surface area contributed by atoms with E-state index in [0.717, 1.165) is 6.42 Å². The van der Waals surface area contributed by atoms with Crippen LogP contribution in [0.25, 0.3) is 0 Å². The minimum Gasteiger partial charge on any atom is -0.379 e. The van der Waals surface area contributed by atoms with Crippen LogP contribution in [0.2, 0.25) is 0 Å². The van der Waals surface area contributed by atoms with Gasteiger partial charge < -0.3 is 10.1 Å². The molecule has 1 aromatic carbocycles. The Bertz CT molecular complexity index is 337. The second-order valence-corrected chi connectivity index (χ2v) is 3.96. The van der Waals surface area contributed by atoms with Crippen LogP contribution < -0.4 is 5.32 Å². The lowest BCUT2D eigenvalue weighted by molar-refractivity contribution is -0.00810. The minimum absolute atomic E-state index is 0.175. The van der Waals surface area contributed by atoms with Crippen LogP contribution in [0.4, 0.5) is 5.69 Å². The molecule has 1 aromatic rings. The molecular formula is C12H17NO. The molecule has 0 aliphatic carbocycles. The Morgan fingerprint density at radius 3 is 2.79 bits per heavy atom. The van der Waals surface area contributed by atoms with Crippen LogP contribution in [0.15, 0.2) is 24.3 Å². The number of anilines is 1. The quantitative estimate of drug-likeness (QED) is 0.776. The van der Waals surface area contributed by atoms with E-state index in [1.807, 2.05) is 0 Å². The summed E-state index contributed by atoms with van der Waals surface area (Å²) in [5, 5.41) is 3.50. The number of methoxy groups -OCH3 is 1. The van der Waals surface area contributed by atoms with Crippen LogP contribution in [0.5, 0.6) is 0 Å². The molecule has 0 spiro atoms. The van der Waals surface area contributed by atoms with Crippen LogP contribution in [0.1, 0.15) is 25.8 Å². The van der Waals surface area contributed by atoms with E-state index >= 15 is 0 Å². The highest BCUT2D eigenvalue weighted by Gasteiger charge is 2.41. The highest BCUT2D eigenvalue weighted by atomic mass is 16.5. The Morgan fingerprint density at radius 2 is 2.14 bits per heavy atom. The van der Waals surface area contributed by atoms with E-state index in [0.29, 0.717) is 6.04 Å². The molecule has 1 aliphatic heterocycles. The van der Waals surface area contributed by atoms with Crippen LogP contribution in [-0.4, -0.2) is 13.2 Å². The zero-order valence-corrected chi connectivity index (χ0v) is 9.00. The van der Waals surface area contributed by atoms with Crippen molar-refractivity contribution < 1.29 is 4.74 Å². The van der Waals surface area contributed by atoms with Gasteiger partial charge in [-0.3, -0.25) is 0 Å². The number of benzene rings is 1. The highest BCUT2D eigenvalue weighted by Crippen LogP contribution is 2.42. The third-order valence-electron chi connectivity index (χ3n) is 3.29. The molecule has 0 aromatic heterocycles. The van der Waals surface area contributed by atoms with Crippen molar-refractivity contribution in [1.29, 1.82) is 0 Å². The van der Waals surface area contributed by atoms with Crippen LogP contribution in [-0.2, 0) is 10.3 Å². The molecule has 2 unspecified atom stereocenters. The Morgan fingerprint density at radius 1 is 1.43 bits per heavy atom. The lowest BCUT2D eigenvalue weighted by Crippen LogP contribution is -2.37. The number of ether oxygens (including phenoxy) is 1. The Hall–Kier alpha value is -1.02. The predicted molar refractivity (Wildman–Crippen MR) is 58.5 cm³/mol. The van der Waals surface area contributed by atoms with Gasteiger partial charge in [0.05, 0.1) is 6.04 Å². The molecule has 76 valence electrons. The van der Waals surface area contributed by atoms with Gasteiger partial charge in [-0.2, -0.15) is 0 Å². The fourth-order valence-corrected chi connectivity index (χ4v) is 2.30. The first-order valence-electron chi connectivity index (χ1n) is 5.13. The summed E-state index contributed by atoms with van der Waals surface area (Å²) >= 11 is 0. The molecule has 1 N–H and O–H groups in total. The van der Waals surface area contributed by atoms with Crippen molar-refractivity contribution in [2.45, 2.75) is 31.9 Å². The summed E-state index contributed by atoms with van der Waals surface area (Å²) in [6.07, 6.45) is 1.07. The van der Waals surface area contributed by atoms with E-state index in [2.05, 4.69) is 43.4 Å². The first-order chi connectivity index (χ1) is 6.72. The SMILES string of the molecule is CCC1Nc2ccccc2C1(C)OC. The summed E-state index contributed by atoms with van der Waals surface area (Å²) in [5.74, 6) is 0. The molecule has 2 nitrogen and oxygen atoms in total. The first-order valence-corrected chi connectivity index (χ1v) is 5.13. The molecule has 14 heavy (non-hydrogen) atoms. The summed E-state index contributed by atoms with van der Waals surface area (Å²) in [6, 6.07) is 8.75. The Labute approximate surface area is 85.3 Å². The molecule has 0 amide bonds. The van der Waals surface area contributed by atoms with Gasteiger partial charge in [-0.25, -0.2) is 0 Å². The standard InChI is InChI=1S/C12H17NO/c1-4-11-12(2,14-3)9-7-5-6-8-10(9)13-11/h5-8,11,13H,4H2,1-3H3. The molecule has 2 rings (SSSR count). The second-order valence-electron chi connectivity index (χ2n) is 3.96. The summed E-state index contributed by atoms with van der Waals surface area (Å²) in [6.45, 7) is 4.33. The van der Waals surface area contributed by atoms with Gasteiger partial charge in [-0.15, -0.1) is 0 Å². The number of hydrogen-bond donors (Lipinski definition) is 1. The third kappa shape index (κ3) is 1.14. The van der Waals surface area contributed by atoms with Gasteiger partial charge in [0.1, 0.15) is 5.60 Å². The van der Waals surface area contributed by atoms with Gasteiger partial charge >= 0.3 is 0 Å². The zero-order chi connectivity index (χ0) is 10.2. The largest absolute Gasteiger partial charge is 0.379 e. The zero-order valence-electron chi connectivity index (χ0n) is 9.00. The topological polar surface area (TPSA) is 21.3 Å². The number of fused-ring (bicyclic) bond motifs is 1. The number of para-hydroxylation sites is 1. The summed E-state index contributed by atoms with van der Waals surface area (Å²) < 4.78 is 5.67. The second kappa shape index (κ2) is 3.28. The fourth-order valence-electron chi connectivity index (χ4n) is 2.30. The van der Waals surface area contributed by atoms with Gasteiger partial charge in [0, 0.05) is 18.4 Å². The van der Waals surface area contributed by atoms with Crippen molar-refractivity contribution in [3.8, 4) is 0 Å². The lowest BCUT2D eigenvalue weighted by atomic mass is 9.90. The Balaban J connectivity index is 2.47. The van der Waals surface area contributed by atoms with E-state index < -0.39 is 0 Å². The molecule has 0 radical (unpaired) electrons. The van der Waals surface area contributed by atoms with Crippen molar-refractivity contribution in [2.75, 3.05) is 12.4 Å². The van der Waals surface area contributed by atoms with Crippen LogP contribution in [0, 0.1) is 0 Å². The number of nitrogens with one attached hydrogen (secondary N) is 1. The summed E-state index contributed by atoms with van der Waals surface area (Å²) in [7, 11) is 1.78. The number of hydrogen-bond acceptors (Lipinski definition) is 2. The monoisotopic (exact) mass is 191 g/mol. The van der Waals surface area contributed by atoms with Gasteiger partial charge in [-0.1, -0.05) is 25.1 Å². The van der Waals surface area contributed by atoms with E-state index in [1.54, 1.807) is 7.11 Å². The third-order valence-corrected chi connectivity index (χ3v) is 3.29. The van der Waals surface area contributed by atoms with Crippen molar-refractivity contribution in [3.63, 3.8) is 0 Å². The van der Waals surface area contributed by atoms with Gasteiger partial charge in [0.2, 0.25) is 0 Å². The van der Waals surface area contributed by atoms with E-state index in [4.69, 9.17) is 4.74 Å². The van der Waals surface area contributed by atoms with Crippen molar-refractivity contribution in [3.05, 3.63) is 29.8 Å². The lowest BCUT2D eigenvalue weighted by Gasteiger charge is -2.29. The van der Waals surface area contributed by atoms with Crippen molar-refractivity contribution >= 4 is 5.69 Å². The molecule has 2 heteroatoms. The van der Waals surface area contributed by atoms with Crippen molar-refractivity contribution in [2.24, 2.45) is 0 Å². The average molecular weight is 191 g/mol. The predicted octanol–water partition coefficient (Wildman–Crippen LogP) is 2.75. The molecule has 0 fully saturated rings. The molecule has 0 bridgehead atoms. The number of rotatable bonds is 2. The van der Waals surface area contributed by atoms with Crippen molar-refractivity contribution in [1.82, 2.24) is 0 Å². The van der Waals surface area contributed by atoms with E-state index in [-0.39, 0.29) is 5.60 Å². The molecular weight excluding hydrogens is 174 g/mol. The highest BCUT2D eigenvalue weighted by molar-refractivity contribution is 5.60. The summed E-state index contributed by atoms with van der Waals surface area (Å²) in [4.78, 5) is 0. The minimum atomic E-state index is -0.175. The van der Waals surface area contributed by atoms with Crippen LogP contribution >= 0.6 is 0 Å². The van der Waals surface area contributed by atoms with E-state index in [1.165, 1.54) is 11.3 Å². The molecule has 1 heterocycles. The van der Waals surface area contributed by atoms with Gasteiger partial charge in [0.25, 0.3) is 0 Å². The average Bonchev–Trinajstić information content (AvgIpc) is 2.53. The van der Waals surface area contributed by atoms with Crippen LogP contribution in [0.3, 0.4) is 0 Å². The smallest absolute Gasteiger partial charge is 0.112 e. The summed E-state index contributed by atoms with van der Waals surface area (Å²) in [5.41, 5.74) is 2.31. The molecule has 2 atom stereocenters. The molecule has 1 aliphatic rings. The maximum atomic E-state index is 5.67. The normalized spacial score (nSPS) is 29.8. The maximum Gasteiger partial charge on any atom is 0.112 e. The molecule has 0 saturated carbocycles. The first kappa shape index (κ1) is 9.53. The fraction of sp³-hybridized carbons (Fsp3) is 0.500. The van der Waals surface area contributed by atoms with E-state index in [9.17, 15) is 0 Å². The maximum absolute atomic E-state index is 5.67. The Kier molecular flexibility index (Phi) is 2.23.